The van der Waals surface area contributed by atoms with E-state index in [2.05, 4.69) is 16.3 Å². The number of rotatable bonds is 3. The molecule has 4 heterocycles. The number of amides is 1. The van der Waals surface area contributed by atoms with Crippen molar-refractivity contribution in [2.24, 2.45) is 0 Å². The number of piperazine rings is 2. The minimum Gasteiger partial charge on any atom is -0.444 e. The van der Waals surface area contributed by atoms with E-state index in [4.69, 9.17) is 9.72 Å². The summed E-state index contributed by atoms with van der Waals surface area (Å²) in [5, 5.41) is 13.4. The van der Waals surface area contributed by atoms with Gasteiger partial charge in [0.05, 0.1) is 11.8 Å². The van der Waals surface area contributed by atoms with Crippen LogP contribution >= 0.6 is 0 Å². The van der Waals surface area contributed by atoms with Gasteiger partial charge >= 0.3 is 6.09 Å². The highest BCUT2D eigenvalue weighted by atomic mass is 32.2. The first-order valence-electron chi connectivity index (χ1n) is 12.1. The van der Waals surface area contributed by atoms with Gasteiger partial charge in [-0.3, -0.25) is 0 Å². The molecule has 1 aromatic heterocycles. The Balaban J connectivity index is 1.59. The van der Waals surface area contributed by atoms with Crippen LogP contribution in [-0.2, 0) is 27.7 Å². The lowest BCUT2D eigenvalue weighted by Crippen LogP contribution is -2.51. The number of hydrogen-bond acceptors (Lipinski definition) is 9. The molecule has 35 heavy (non-hydrogen) atoms. The lowest BCUT2D eigenvalue weighted by atomic mass is 9.96. The van der Waals surface area contributed by atoms with E-state index in [1.54, 1.807) is 4.90 Å². The molecule has 12 heteroatoms. The molecule has 0 atom stereocenters. The van der Waals surface area contributed by atoms with Crippen LogP contribution in [0.15, 0.2) is 0 Å². The van der Waals surface area contributed by atoms with Gasteiger partial charge in [0.1, 0.15) is 23.3 Å². The summed E-state index contributed by atoms with van der Waals surface area (Å²) in [6.07, 6.45) is 1.70. The summed E-state index contributed by atoms with van der Waals surface area (Å²) in [5.74, 6) is 1.48. The summed E-state index contributed by atoms with van der Waals surface area (Å²) < 4.78 is 30.9. The Hall–Kier alpha value is -2.62. The fourth-order valence-corrected chi connectivity index (χ4v) is 5.62. The Bertz CT molecular complexity index is 1110. The summed E-state index contributed by atoms with van der Waals surface area (Å²) in [7, 11) is -3.25. The number of aromatic nitrogens is 1. The summed E-state index contributed by atoms with van der Waals surface area (Å²) in [4.78, 5) is 23.5. The van der Waals surface area contributed by atoms with Gasteiger partial charge in [-0.25, -0.2) is 18.2 Å². The van der Waals surface area contributed by atoms with Gasteiger partial charge in [0, 0.05) is 64.5 Å². The molecule has 0 radical (unpaired) electrons. The molecule has 192 valence electrons. The van der Waals surface area contributed by atoms with Crippen molar-refractivity contribution < 1.29 is 17.9 Å². The topological polar surface area (TPSA) is 122 Å². The van der Waals surface area contributed by atoms with Crippen molar-refractivity contribution in [3.8, 4) is 6.07 Å². The van der Waals surface area contributed by atoms with Crippen molar-refractivity contribution in [3.05, 3.63) is 16.7 Å². The van der Waals surface area contributed by atoms with E-state index in [1.807, 2.05) is 25.7 Å². The molecule has 0 bridgehead atoms. The summed E-state index contributed by atoms with van der Waals surface area (Å²) in [6.45, 7) is 11.0. The third-order valence-corrected chi connectivity index (χ3v) is 7.88. The second kappa shape index (κ2) is 9.79. The Labute approximate surface area is 207 Å². The van der Waals surface area contributed by atoms with E-state index >= 15 is 0 Å². The molecule has 11 nitrogen and oxygen atoms in total. The van der Waals surface area contributed by atoms with E-state index in [0.717, 1.165) is 29.9 Å². The van der Waals surface area contributed by atoms with Crippen molar-refractivity contribution in [2.45, 2.75) is 39.3 Å². The maximum Gasteiger partial charge on any atom is 0.410 e. The number of fused-ring (bicyclic) bond motifs is 1. The minimum absolute atomic E-state index is 0.305. The highest BCUT2D eigenvalue weighted by Gasteiger charge is 2.32. The predicted octanol–water partition coefficient (Wildman–Crippen LogP) is 0.738. The number of anilines is 2. The Kier molecular flexibility index (Phi) is 7.13. The molecule has 4 rings (SSSR count). The van der Waals surface area contributed by atoms with Crippen LogP contribution in [-0.4, -0.2) is 99.5 Å². The van der Waals surface area contributed by atoms with Crippen molar-refractivity contribution in [1.29, 1.82) is 5.26 Å². The number of nitrogens with one attached hydrogen (secondary N) is 1. The first-order chi connectivity index (χ1) is 16.5. The Morgan fingerprint density at radius 3 is 2.17 bits per heavy atom. The van der Waals surface area contributed by atoms with Crippen LogP contribution < -0.4 is 15.1 Å². The van der Waals surface area contributed by atoms with E-state index in [9.17, 15) is 18.5 Å². The van der Waals surface area contributed by atoms with Gasteiger partial charge in [-0.05, 0) is 39.3 Å². The first-order valence-corrected chi connectivity index (χ1v) is 13.9. The van der Waals surface area contributed by atoms with Gasteiger partial charge < -0.3 is 24.8 Å². The van der Waals surface area contributed by atoms with E-state index < -0.39 is 15.6 Å². The van der Waals surface area contributed by atoms with Crippen LogP contribution in [0.3, 0.4) is 0 Å². The fourth-order valence-electron chi connectivity index (χ4n) is 4.80. The lowest BCUT2D eigenvalue weighted by Gasteiger charge is -2.39. The maximum atomic E-state index is 12.5. The second-order valence-corrected chi connectivity index (χ2v) is 12.2. The van der Waals surface area contributed by atoms with E-state index in [1.165, 1.54) is 10.6 Å². The third kappa shape index (κ3) is 5.63. The number of ether oxygens (including phenoxy) is 1. The molecule has 0 saturated carbocycles. The molecular formula is C23H35N7O4S. The van der Waals surface area contributed by atoms with Gasteiger partial charge in [-0.2, -0.15) is 9.57 Å². The predicted molar refractivity (Wildman–Crippen MR) is 133 cm³/mol. The number of sulfonamides is 1. The van der Waals surface area contributed by atoms with Gasteiger partial charge in [0.15, 0.2) is 0 Å². The monoisotopic (exact) mass is 505 g/mol. The van der Waals surface area contributed by atoms with Gasteiger partial charge in [-0.15, -0.1) is 0 Å². The molecule has 3 aliphatic heterocycles. The Morgan fingerprint density at radius 2 is 1.60 bits per heavy atom. The molecule has 1 N–H and O–H groups in total. The van der Waals surface area contributed by atoms with Crippen molar-refractivity contribution in [3.63, 3.8) is 0 Å². The zero-order valence-electron chi connectivity index (χ0n) is 21.0. The van der Waals surface area contributed by atoms with Crippen LogP contribution in [0.25, 0.3) is 0 Å². The first kappa shape index (κ1) is 25.5. The number of carbonyl (C=O) groups is 1. The van der Waals surface area contributed by atoms with E-state index in [-0.39, 0.29) is 6.09 Å². The maximum absolute atomic E-state index is 12.5. The average molecular weight is 506 g/mol. The minimum atomic E-state index is -3.25. The Morgan fingerprint density at radius 1 is 1.00 bits per heavy atom. The quantitative estimate of drug-likeness (QED) is 0.634. The summed E-state index contributed by atoms with van der Waals surface area (Å²) in [5.41, 5.74) is 2.09. The number of pyridine rings is 1. The SMILES string of the molecule is CC(C)(C)OC(=O)N1CCN(c2nc(N3CCN(S(C)(=O)=O)CC3)c(C#N)c3c2CCNC3)CC1. The molecule has 2 saturated heterocycles. The van der Waals surface area contributed by atoms with Gasteiger partial charge in [-0.1, -0.05) is 0 Å². The van der Waals surface area contributed by atoms with Gasteiger partial charge in [0.25, 0.3) is 0 Å². The number of carbonyl (C=O) groups excluding carboxylic acids is 1. The van der Waals surface area contributed by atoms with Crippen LogP contribution in [0.5, 0.6) is 0 Å². The summed E-state index contributed by atoms with van der Waals surface area (Å²) >= 11 is 0. The lowest BCUT2D eigenvalue weighted by molar-refractivity contribution is 0.0240. The molecule has 0 spiro atoms. The van der Waals surface area contributed by atoms with Gasteiger partial charge in [0.2, 0.25) is 10.0 Å². The highest BCUT2D eigenvalue weighted by molar-refractivity contribution is 7.88. The molecular weight excluding hydrogens is 470 g/mol. The normalized spacial score (nSPS) is 19.8. The zero-order valence-corrected chi connectivity index (χ0v) is 21.8. The van der Waals surface area contributed by atoms with Crippen LogP contribution in [0.4, 0.5) is 16.4 Å². The second-order valence-electron chi connectivity index (χ2n) is 10.2. The number of nitriles is 1. The van der Waals surface area contributed by atoms with Crippen LogP contribution in [0, 0.1) is 11.3 Å². The largest absolute Gasteiger partial charge is 0.444 e. The molecule has 0 unspecified atom stereocenters. The zero-order chi connectivity index (χ0) is 25.4. The standard InChI is InChI=1S/C23H35N7O4S/c1-23(2,3)34-22(31)29-9-7-27(8-10-29)20-17-5-6-25-16-19(17)18(15-24)21(26-20)28-11-13-30(14-12-28)35(4,32)33/h25H,5-14,16H2,1-4H3. The van der Waals surface area contributed by atoms with E-state index in [0.29, 0.717) is 70.3 Å². The molecule has 1 amide bonds. The highest BCUT2D eigenvalue weighted by Crippen LogP contribution is 2.34. The number of hydrogen-bond donors (Lipinski definition) is 1. The smallest absolute Gasteiger partial charge is 0.410 e. The molecule has 3 aliphatic rings. The third-order valence-electron chi connectivity index (χ3n) is 6.57. The van der Waals surface area contributed by atoms with Crippen molar-refractivity contribution in [1.82, 2.24) is 19.5 Å². The number of nitrogens with zero attached hydrogens (tertiary/aromatic N) is 6. The molecule has 2 fully saturated rings. The molecule has 0 aliphatic carbocycles. The van der Waals surface area contributed by atoms with Crippen molar-refractivity contribution in [2.75, 3.05) is 75.0 Å². The van der Waals surface area contributed by atoms with Crippen molar-refractivity contribution >= 4 is 27.8 Å². The summed E-state index contributed by atoms with van der Waals surface area (Å²) in [6, 6.07) is 2.37. The van der Waals surface area contributed by atoms with Crippen LogP contribution in [0.2, 0.25) is 0 Å². The molecule has 0 aromatic carbocycles. The fraction of sp³-hybridized carbons (Fsp3) is 0.696. The van der Waals surface area contributed by atoms with Crippen LogP contribution in [0.1, 0.15) is 37.5 Å². The average Bonchev–Trinajstić information content (AvgIpc) is 2.81. The molecule has 1 aromatic rings.